The zero-order valence-electron chi connectivity index (χ0n) is 35.0. The Labute approximate surface area is 372 Å². The molecule has 3 aromatic heterocycles. The summed E-state index contributed by atoms with van der Waals surface area (Å²) < 4.78 is 11.7. The van der Waals surface area contributed by atoms with Crippen LogP contribution >= 0.6 is 0 Å². The quantitative estimate of drug-likeness (QED) is 0.188. The van der Waals surface area contributed by atoms with Crippen LogP contribution in [0.3, 0.4) is 0 Å². The Morgan fingerprint density at radius 1 is 0.431 bits per heavy atom. The second-order valence-electron chi connectivity index (χ2n) is 17.0. The molecule has 1 unspecified atom stereocenters. The normalized spacial score (nSPS) is 14.3. The lowest BCUT2D eigenvalue weighted by molar-refractivity contribution is 0.668. The van der Waals surface area contributed by atoms with E-state index in [4.69, 9.17) is 14.4 Å². The number of benzene rings is 10. The Kier molecular flexibility index (Phi) is 7.65. The highest BCUT2D eigenvalue weighted by atomic mass is 16.3. The van der Waals surface area contributed by atoms with Crippen LogP contribution in [0.4, 0.5) is 0 Å². The zero-order valence-corrected chi connectivity index (χ0v) is 35.0. The van der Waals surface area contributed by atoms with Crippen molar-refractivity contribution in [2.75, 3.05) is 0 Å². The van der Waals surface area contributed by atoms with Gasteiger partial charge in [-0.2, -0.15) is 0 Å². The molecular weight excluding hydrogens is 795 g/mol. The summed E-state index contributed by atoms with van der Waals surface area (Å²) in [4.78, 5) is 10.7. The van der Waals surface area contributed by atoms with Crippen molar-refractivity contribution < 1.29 is 4.42 Å². The van der Waals surface area contributed by atoms with Crippen molar-refractivity contribution in [1.29, 1.82) is 0 Å². The molecule has 0 aliphatic carbocycles. The molecule has 4 heterocycles. The molecule has 1 N–H and O–H groups in total. The molecule has 0 spiro atoms. The molecule has 13 aromatic rings. The molecule has 0 saturated carbocycles. The highest BCUT2D eigenvalue weighted by Crippen LogP contribution is 2.43. The number of fused-ring (bicyclic) bond motifs is 12. The van der Waals surface area contributed by atoms with Gasteiger partial charge in [0.2, 0.25) is 0 Å². The number of hydrogen-bond acceptors (Lipinski definition) is 4. The molecule has 0 radical (unpaired) electrons. The van der Waals surface area contributed by atoms with Gasteiger partial charge in [-0.25, -0.2) is 9.98 Å². The summed E-state index contributed by atoms with van der Waals surface area (Å²) in [5.74, 6) is 1.43. The van der Waals surface area contributed by atoms with E-state index in [1.165, 1.54) is 48.7 Å². The van der Waals surface area contributed by atoms with Gasteiger partial charge >= 0.3 is 0 Å². The summed E-state index contributed by atoms with van der Waals surface area (Å²) in [5, 5.41) is 15.3. The van der Waals surface area contributed by atoms with Gasteiger partial charge in [0.25, 0.3) is 0 Å². The number of furan rings is 1. The van der Waals surface area contributed by atoms with Crippen molar-refractivity contribution in [2.24, 2.45) is 9.98 Å². The van der Waals surface area contributed by atoms with Crippen LogP contribution in [0.1, 0.15) is 22.9 Å². The van der Waals surface area contributed by atoms with Crippen LogP contribution in [-0.2, 0) is 0 Å². The van der Waals surface area contributed by atoms with Crippen LogP contribution in [0.25, 0.3) is 98.5 Å². The Morgan fingerprint density at radius 2 is 1.05 bits per heavy atom. The minimum Gasteiger partial charge on any atom is -0.456 e. The van der Waals surface area contributed by atoms with Gasteiger partial charge in [0.15, 0.2) is 5.84 Å². The highest BCUT2D eigenvalue weighted by Gasteiger charge is 2.26. The predicted octanol–water partition coefficient (Wildman–Crippen LogP) is 14.6. The molecule has 0 saturated heterocycles. The largest absolute Gasteiger partial charge is 0.456 e. The minimum absolute atomic E-state index is 0.368. The lowest BCUT2D eigenvalue weighted by Crippen LogP contribution is -2.33. The van der Waals surface area contributed by atoms with Gasteiger partial charge in [0.1, 0.15) is 23.2 Å². The van der Waals surface area contributed by atoms with Gasteiger partial charge in [-0.1, -0.05) is 152 Å². The summed E-state index contributed by atoms with van der Waals surface area (Å²) in [6, 6.07) is 75.6. The van der Waals surface area contributed by atoms with E-state index in [-0.39, 0.29) is 6.17 Å². The van der Waals surface area contributed by atoms with Crippen LogP contribution in [0.2, 0.25) is 0 Å². The lowest BCUT2D eigenvalue weighted by atomic mass is 10.0. The fourth-order valence-electron chi connectivity index (χ4n) is 10.4. The summed E-state index contributed by atoms with van der Waals surface area (Å²) in [6.07, 6.45) is -0.368. The monoisotopic (exact) mass is 831 g/mol. The van der Waals surface area contributed by atoms with E-state index in [1.807, 2.05) is 6.07 Å². The van der Waals surface area contributed by atoms with Gasteiger partial charge in [-0.05, 0) is 81.7 Å². The van der Waals surface area contributed by atoms with Crippen molar-refractivity contribution in [3.05, 3.63) is 229 Å². The lowest BCUT2D eigenvalue weighted by Gasteiger charge is -2.24. The molecule has 1 atom stereocenters. The molecule has 65 heavy (non-hydrogen) atoms. The van der Waals surface area contributed by atoms with Crippen LogP contribution in [-0.4, -0.2) is 20.8 Å². The van der Waals surface area contributed by atoms with Crippen LogP contribution < -0.4 is 5.32 Å². The summed E-state index contributed by atoms with van der Waals surface area (Å²) in [5.41, 5.74) is 11.3. The van der Waals surface area contributed by atoms with Crippen molar-refractivity contribution in [1.82, 2.24) is 14.5 Å². The standard InChI is InChI=1S/C59H37N5O/c1-2-17-42(18-3-1)63-50-22-10-8-19-44(50)46-31-32-47-45-20-9-11-23-51(45)64(56(47)55(46)63)43-29-30-48-53(35-43)65-52-24-12-21-49(54(48)52)59-61-57(40-27-25-36-13-4-6-15-38(36)33-40)60-58(62-59)41-28-26-37-14-5-7-16-39(37)34-41/h1-35,57H,(H,60,61,62). The molecule has 0 amide bonds. The third-order valence-electron chi connectivity index (χ3n) is 13.3. The first-order chi connectivity index (χ1) is 32.2. The molecule has 304 valence electrons. The Bertz CT molecular complexity index is 4170. The summed E-state index contributed by atoms with van der Waals surface area (Å²) in [6.45, 7) is 0. The number of nitrogens with one attached hydrogen (secondary N) is 1. The molecule has 1 aliphatic heterocycles. The topological polar surface area (TPSA) is 59.8 Å². The van der Waals surface area contributed by atoms with Gasteiger partial charge in [0.05, 0.1) is 27.8 Å². The van der Waals surface area contributed by atoms with Crippen molar-refractivity contribution >= 4 is 98.8 Å². The van der Waals surface area contributed by atoms with Crippen LogP contribution in [0, 0.1) is 0 Å². The average Bonchev–Trinajstić information content (AvgIpc) is 4.04. The van der Waals surface area contributed by atoms with Crippen molar-refractivity contribution in [3.8, 4) is 11.4 Å². The number of hydrogen-bond donors (Lipinski definition) is 1. The predicted molar refractivity (Wildman–Crippen MR) is 269 cm³/mol. The van der Waals surface area contributed by atoms with E-state index in [1.54, 1.807) is 0 Å². The number of amidine groups is 2. The summed E-state index contributed by atoms with van der Waals surface area (Å²) in [7, 11) is 0. The number of aromatic nitrogens is 2. The van der Waals surface area contributed by atoms with E-state index in [0.29, 0.717) is 5.84 Å². The fraction of sp³-hybridized carbons (Fsp3) is 0.0169. The van der Waals surface area contributed by atoms with Gasteiger partial charge in [-0.15, -0.1) is 0 Å². The second-order valence-corrected chi connectivity index (χ2v) is 17.0. The zero-order chi connectivity index (χ0) is 42.6. The molecule has 6 nitrogen and oxygen atoms in total. The fourth-order valence-corrected chi connectivity index (χ4v) is 10.4. The van der Waals surface area contributed by atoms with Gasteiger partial charge in [0, 0.05) is 55.2 Å². The first kappa shape index (κ1) is 35.8. The number of nitrogens with zero attached hydrogens (tertiary/aromatic N) is 4. The second kappa shape index (κ2) is 13.9. The van der Waals surface area contributed by atoms with Crippen molar-refractivity contribution in [3.63, 3.8) is 0 Å². The third-order valence-corrected chi connectivity index (χ3v) is 13.3. The third kappa shape index (κ3) is 5.47. The maximum absolute atomic E-state index is 6.86. The Balaban J connectivity index is 0.979. The first-order valence-electron chi connectivity index (χ1n) is 22.1. The molecule has 1 aliphatic rings. The van der Waals surface area contributed by atoms with E-state index in [9.17, 15) is 0 Å². The molecule has 0 fully saturated rings. The Morgan fingerprint density at radius 3 is 1.78 bits per heavy atom. The Hall–Kier alpha value is -8.74. The molecule has 10 aromatic carbocycles. The first-order valence-corrected chi connectivity index (χ1v) is 22.1. The molecule has 14 rings (SSSR count). The van der Waals surface area contributed by atoms with Gasteiger partial charge in [-0.3, -0.25) is 0 Å². The number of aliphatic imine (C=N–C) groups is 2. The molecular formula is C59H37N5O. The van der Waals surface area contributed by atoms with Crippen molar-refractivity contribution in [2.45, 2.75) is 6.17 Å². The SMILES string of the molecule is c1ccc(-n2c3ccccc3c3ccc4c5ccccc5n(-c5ccc6c(c5)oc5cccc(C7=NC(c8ccc9ccccc9c8)NC(c8ccc9ccccc9c8)=N7)c56)c4c32)cc1. The average molecular weight is 832 g/mol. The maximum Gasteiger partial charge on any atom is 0.160 e. The number of rotatable bonds is 5. The minimum atomic E-state index is -0.368. The number of para-hydroxylation sites is 3. The van der Waals surface area contributed by atoms with E-state index < -0.39 is 0 Å². The van der Waals surface area contributed by atoms with E-state index in [2.05, 4.69) is 221 Å². The molecule has 0 bridgehead atoms. The summed E-state index contributed by atoms with van der Waals surface area (Å²) >= 11 is 0. The molecule has 6 heteroatoms. The van der Waals surface area contributed by atoms with Crippen LogP contribution in [0.5, 0.6) is 0 Å². The van der Waals surface area contributed by atoms with E-state index >= 15 is 0 Å². The van der Waals surface area contributed by atoms with E-state index in [0.717, 1.165) is 72.3 Å². The van der Waals surface area contributed by atoms with Gasteiger partial charge < -0.3 is 18.9 Å². The smallest absolute Gasteiger partial charge is 0.160 e. The van der Waals surface area contributed by atoms with Crippen LogP contribution in [0.15, 0.2) is 227 Å². The maximum atomic E-state index is 6.86. The highest BCUT2D eigenvalue weighted by molar-refractivity contribution is 6.25.